The largest absolute Gasteiger partial charge is 0.497 e. The second kappa shape index (κ2) is 8.34. The van der Waals surface area contributed by atoms with E-state index in [0.29, 0.717) is 17.0 Å². The number of hydrogen-bond donors (Lipinski definition) is 1. The zero-order valence-corrected chi connectivity index (χ0v) is 18.7. The van der Waals surface area contributed by atoms with Gasteiger partial charge in [0.2, 0.25) is 0 Å². The number of rotatable bonds is 6. The molecule has 168 valence electrons. The summed E-state index contributed by atoms with van der Waals surface area (Å²) in [7, 11) is 1.52. The average molecular weight is 445 g/mol. The quantitative estimate of drug-likeness (QED) is 0.455. The highest BCUT2D eigenvalue weighted by molar-refractivity contribution is 6.03. The minimum Gasteiger partial charge on any atom is -0.497 e. The van der Waals surface area contributed by atoms with Crippen molar-refractivity contribution >= 4 is 22.9 Å². The van der Waals surface area contributed by atoms with Gasteiger partial charge in [-0.25, -0.2) is 19.3 Å². The van der Waals surface area contributed by atoms with E-state index in [-0.39, 0.29) is 35.0 Å². The summed E-state index contributed by atoms with van der Waals surface area (Å²) in [6.45, 7) is 5.07. The minimum absolute atomic E-state index is 0.110. The normalized spacial score (nSPS) is 11.0. The molecular weight excluding hydrogens is 422 g/mol. The smallest absolute Gasteiger partial charge is 0.335 e. The third kappa shape index (κ3) is 3.89. The Morgan fingerprint density at radius 2 is 1.82 bits per heavy atom. The number of benzene rings is 2. The number of ketones is 1. The molecule has 0 unspecified atom stereocenters. The molecule has 2 N–H and O–H groups in total. The Morgan fingerprint density at radius 3 is 2.48 bits per heavy atom. The Kier molecular flexibility index (Phi) is 5.55. The van der Waals surface area contributed by atoms with Crippen molar-refractivity contribution in [1.82, 2.24) is 19.1 Å². The molecule has 0 bridgehead atoms. The summed E-state index contributed by atoms with van der Waals surface area (Å²) in [5.41, 5.74) is 7.99. The molecule has 0 aliphatic heterocycles. The highest BCUT2D eigenvalue weighted by Crippen LogP contribution is 2.22. The van der Waals surface area contributed by atoms with Gasteiger partial charge >= 0.3 is 5.69 Å². The number of fused-ring (bicyclic) bond motifs is 1. The molecule has 4 aromatic rings. The highest BCUT2D eigenvalue weighted by Gasteiger charge is 2.25. The first-order chi connectivity index (χ1) is 15.7. The van der Waals surface area contributed by atoms with Gasteiger partial charge in [0.1, 0.15) is 17.1 Å². The zero-order valence-electron chi connectivity index (χ0n) is 18.7. The molecule has 0 radical (unpaired) electrons. The molecule has 0 spiro atoms. The van der Waals surface area contributed by atoms with Gasteiger partial charge in [0.25, 0.3) is 5.91 Å². The van der Waals surface area contributed by atoms with Crippen LogP contribution in [0.2, 0.25) is 0 Å². The maximum atomic E-state index is 13.6. The van der Waals surface area contributed by atoms with E-state index in [2.05, 4.69) is 9.97 Å². The number of imidazole rings is 1. The Hall–Kier alpha value is -4.27. The van der Waals surface area contributed by atoms with Crippen LogP contribution in [-0.2, 0) is 6.54 Å². The van der Waals surface area contributed by atoms with Crippen LogP contribution in [0, 0.1) is 20.8 Å². The number of hydrogen-bond acceptors (Lipinski definition) is 6. The lowest BCUT2D eigenvalue weighted by Crippen LogP contribution is -2.27. The van der Waals surface area contributed by atoms with Crippen LogP contribution in [0.3, 0.4) is 0 Å². The first-order valence-corrected chi connectivity index (χ1v) is 10.3. The fourth-order valence-electron chi connectivity index (χ4n) is 3.92. The van der Waals surface area contributed by atoms with Crippen LogP contribution in [0.25, 0.3) is 16.9 Å². The van der Waals surface area contributed by atoms with Crippen molar-refractivity contribution in [2.45, 2.75) is 27.3 Å². The number of methoxy groups -OCH3 is 1. The molecule has 0 atom stereocenters. The molecule has 9 heteroatoms. The Morgan fingerprint density at radius 1 is 1.06 bits per heavy atom. The first-order valence-electron chi connectivity index (χ1n) is 10.3. The van der Waals surface area contributed by atoms with Gasteiger partial charge in [-0.3, -0.25) is 14.2 Å². The molecule has 33 heavy (non-hydrogen) atoms. The molecule has 2 heterocycles. The number of carbonyl (C=O) groups is 2. The predicted molar refractivity (Wildman–Crippen MR) is 123 cm³/mol. The lowest BCUT2D eigenvalue weighted by atomic mass is 10.0. The number of aryl methyl sites for hydroxylation is 3. The molecule has 9 nitrogen and oxygen atoms in total. The van der Waals surface area contributed by atoms with E-state index in [9.17, 15) is 14.4 Å². The van der Waals surface area contributed by atoms with Crippen LogP contribution < -0.4 is 16.2 Å². The average Bonchev–Trinajstić information content (AvgIpc) is 3.03. The van der Waals surface area contributed by atoms with E-state index in [1.54, 1.807) is 37.3 Å². The van der Waals surface area contributed by atoms with E-state index in [0.717, 1.165) is 11.1 Å². The van der Waals surface area contributed by atoms with Gasteiger partial charge in [-0.1, -0.05) is 29.8 Å². The van der Waals surface area contributed by atoms with Crippen molar-refractivity contribution in [3.05, 3.63) is 81.2 Å². The highest BCUT2D eigenvalue weighted by atomic mass is 16.5. The van der Waals surface area contributed by atoms with Crippen molar-refractivity contribution < 1.29 is 14.3 Å². The van der Waals surface area contributed by atoms with Gasteiger partial charge in [-0.2, -0.15) is 0 Å². The number of Topliss-reactive ketones (excluding diaryl/α,β-unsaturated/α-hetero) is 1. The lowest BCUT2D eigenvalue weighted by Gasteiger charge is -2.08. The second-order valence-corrected chi connectivity index (χ2v) is 7.80. The van der Waals surface area contributed by atoms with Gasteiger partial charge < -0.3 is 10.5 Å². The fourth-order valence-corrected chi connectivity index (χ4v) is 3.92. The Bertz CT molecular complexity index is 1480. The van der Waals surface area contributed by atoms with Crippen LogP contribution in [0.15, 0.2) is 47.3 Å². The second-order valence-electron chi connectivity index (χ2n) is 7.80. The first kappa shape index (κ1) is 21.9. The van der Waals surface area contributed by atoms with E-state index >= 15 is 0 Å². The molecule has 4 rings (SSSR count). The summed E-state index contributed by atoms with van der Waals surface area (Å²) < 4.78 is 7.81. The van der Waals surface area contributed by atoms with Crippen molar-refractivity contribution in [2.24, 2.45) is 5.73 Å². The lowest BCUT2D eigenvalue weighted by molar-refractivity contribution is 0.0965. The molecule has 0 aliphatic rings. The summed E-state index contributed by atoms with van der Waals surface area (Å²) in [5, 5.41) is 0. The van der Waals surface area contributed by atoms with Gasteiger partial charge in [-0.05, 0) is 38.5 Å². The van der Waals surface area contributed by atoms with Crippen LogP contribution in [-0.4, -0.2) is 37.9 Å². The summed E-state index contributed by atoms with van der Waals surface area (Å²) in [6.07, 6.45) is 0. The number of nitrogens with two attached hydrogens (primary N) is 1. The molecule has 0 fully saturated rings. The van der Waals surface area contributed by atoms with E-state index in [1.165, 1.54) is 16.2 Å². The molecule has 1 amide bonds. The van der Waals surface area contributed by atoms with E-state index in [4.69, 9.17) is 10.5 Å². The Balaban J connectivity index is 1.99. The standard InChI is InChI=1S/C24H23N5O4/c1-13-8-9-18(14(2)10-13)19(30)12-28-21-20(22(25)31)26-15(3)27-23(21)29(24(28)32)16-6-5-7-17(11-16)33-4/h5-11H,12H2,1-4H3,(H2,25,31). The number of aromatic nitrogens is 4. The number of nitrogens with zero attached hydrogens (tertiary/aromatic N) is 4. The third-order valence-corrected chi connectivity index (χ3v) is 5.41. The number of primary amides is 1. The topological polar surface area (TPSA) is 122 Å². The zero-order chi connectivity index (χ0) is 23.9. The maximum Gasteiger partial charge on any atom is 0.335 e. The number of amides is 1. The molecule has 0 saturated carbocycles. The predicted octanol–water partition coefficient (Wildman–Crippen LogP) is 2.50. The van der Waals surface area contributed by atoms with Gasteiger partial charge in [0.15, 0.2) is 17.1 Å². The molecule has 0 saturated heterocycles. The number of ether oxygens (including phenoxy) is 1. The van der Waals surface area contributed by atoms with Crippen molar-refractivity contribution in [2.75, 3.05) is 7.11 Å². The van der Waals surface area contributed by atoms with Crippen molar-refractivity contribution in [1.29, 1.82) is 0 Å². The SMILES string of the molecule is COc1cccc(-n2c(=O)n(CC(=O)c3ccc(C)cc3C)c3c(C(N)=O)nc(C)nc32)c1. The molecule has 2 aromatic heterocycles. The van der Waals surface area contributed by atoms with Gasteiger partial charge in [0.05, 0.1) is 19.3 Å². The minimum atomic E-state index is -0.819. The van der Waals surface area contributed by atoms with Crippen LogP contribution in [0.5, 0.6) is 5.75 Å². The summed E-state index contributed by atoms with van der Waals surface area (Å²) >= 11 is 0. The van der Waals surface area contributed by atoms with Crippen molar-refractivity contribution in [3.8, 4) is 11.4 Å². The third-order valence-electron chi connectivity index (χ3n) is 5.41. The summed E-state index contributed by atoms with van der Waals surface area (Å²) in [5.74, 6) is -0.297. The molecule has 0 aliphatic carbocycles. The van der Waals surface area contributed by atoms with Gasteiger partial charge in [0, 0.05) is 11.6 Å². The molecule has 2 aromatic carbocycles. The van der Waals surface area contributed by atoms with Crippen LogP contribution in [0.4, 0.5) is 0 Å². The van der Waals surface area contributed by atoms with Crippen LogP contribution in [0.1, 0.15) is 37.8 Å². The van der Waals surface area contributed by atoms with E-state index < -0.39 is 11.6 Å². The fraction of sp³-hybridized carbons (Fsp3) is 0.208. The molecular formula is C24H23N5O4. The maximum absolute atomic E-state index is 13.6. The monoisotopic (exact) mass is 445 g/mol. The van der Waals surface area contributed by atoms with Gasteiger partial charge in [-0.15, -0.1) is 0 Å². The summed E-state index contributed by atoms with van der Waals surface area (Å²) in [6, 6.07) is 12.3. The Labute approximate surface area is 189 Å². The number of carbonyl (C=O) groups excluding carboxylic acids is 2. The van der Waals surface area contributed by atoms with Crippen LogP contribution >= 0.6 is 0 Å². The van der Waals surface area contributed by atoms with E-state index in [1.807, 2.05) is 26.0 Å². The summed E-state index contributed by atoms with van der Waals surface area (Å²) in [4.78, 5) is 47.6. The van der Waals surface area contributed by atoms with Crippen molar-refractivity contribution in [3.63, 3.8) is 0 Å².